The highest BCUT2D eigenvalue weighted by molar-refractivity contribution is 7.89. The Morgan fingerprint density at radius 1 is 1.39 bits per heavy atom. The molecule has 0 bridgehead atoms. The molecule has 0 radical (unpaired) electrons. The lowest BCUT2D eigenvalue weighted by molar-refractivity contribution is 0.385. The number of nitrogens with two attached hydrogens (primary N) is 1. The molecule has 0 amide bonds. The zero-order valence-corrected chi connectivity index (χ0v) is 11.0. The average molecular weight is 276 g/mol. The van der Waals surface area contributed by atoms with Crippen molar-refractivity contribution in [3.8, 4) is 5.75 Å². The summed E-state index contributed by atoms with van der Waals surface area (Å²) in [5.74, 6) is -0.695. The second-order valence-electron chi connectivity index (χ2n) is 3.69. The Kier molecular flexibility index (Phi) is 5.52. The van der Waals surface area contributed by atoms with Gasteiger partial charge in [0.15, 0.2) is 11.6 Å². The largest absolute Gasteiger partial charge is 0.494 e. The minimum absolute atomic E-state index is 0.0199. The van der Waals surface area contributed by atoms with Gasteiger partial charge in [-0.3, -0.25) is 0 Å². The summed E-state index contributed by atoms with van der Waals surface area (Å²) in [7, 11) is -2.35. The number of halogens is 1. The molecule has 0 spiro atoms. The van der Waals surface area contributed by atoms with Crippen LogP contribution in [0.5, 0.6) is 5.75 Å². The number of sulfonamides is 1. The topological polar surface area (TPSA) is 81.4 Å². The van der Waals surface area contributed by atoms with E-state index in [1.165, 1.54) is 13.2 Å². The van der Waals surface area contributed by atoms with E-state index in [-0.39, 0.29) is 10.6 Å². The van der Waals surface area contributed by atoms with Crippen molar-refractivity contribution in [3.63, 3.8) is 0 Å². The summed E-state index contributed by atoms with van der Waals surface area (Å²) in [6, 6.07) is 3.41. The van der Waals surface area contributed by atoms with Crippen LogP contribution in [0.3, 0.4) is 0 Å². The molecule has 0 fully saturated rings. The Bertz CT molecular complexity index is 491. The van der Waals surface area contributed by atoms with Gasteiger partial charge >= 0.3 is 0 Å². The molecule has 3 N–H and O–H groups in total. The minimum atomic E-state index is -3.63. The summed E-state index contributed by atoms with van der Waals surface area (Å²) in [5, 5.41) is 0. The van der Waals surface area contributed by atoms with Crippen LogP contribution in [-0.4, -0.2) is 28.6 Å². The first-order chi connectivity index (χ1) is 8.51. The van der Waals surface area contributed by atoms with E-state index in [0.717, 1.165) is 18.6 Å². The second kappa shape index (κ2) is 6.67. The highest BCUT2D eigenvalue weighted by Crippen LogP contribution is 2.21. The molecule has 1 aromatic carbocycles. The molecule has 5 nitrogen and oxygen atoms in total. The highest BCUT2D eigenvalue weighted by atomic mass is 32.2. The maximum Gasteiger partial charge on any atom is 0.240 e. The fourth-order valence-electron chi connectivity index (χ4n) is 1.37. The Morgan fingerprint density at radius 3 is 2.72 bits per heavy atom. The van der Waals surface area contributed by atoms with Gasteiger partial charge in [-0.1, -0.05) is 0 Å². The number of hydrogen-bond donors (Lipinski definition) is 2. The number of hydrogen-bond acceptors (Lipinski definition) is 4. The third-order valence-electron chi connectivity index (χ3n) is 2.36. The zero-order chi connectivity index (χ0) is 13.6. The Balaban J connectivity index is 2.78. The van der Waals surface area contributed by atoms with Crippen LogP contribution in [0.25, 0.3) is 0 Å². The van der Waals surface area contributed by atoms with Crippen LogP contribution in [0.1, 0.15) is 12.8 Å². The zero-order valence-electron chi connectivity index (χ0n) is 10.1. The van der Waals surface area contributed by atoms with Crippen molar-refractivity contribution >= 4 is 10.0 Å². The van der Waals surface area contributed by atoms with Gasteiger partial charge in [0.05, 0.1) is 12.0 Å². The molecule has 7 heteroatoms. The second-order valence-corrected chi connectivity index (χ2v) is 5.46. The third-order valence-corrected chi connectivity index (χ3v) is 3.81. The molecule has 18 heavy (non-hydrogen) atoms. The first kappa shape index (κ1) is 14.9. The molecule has 0 saturated carbocycles. The van der Waals surface area contributed by atoms with Crippen molar-refractivity contribution in [2.45, 2.75) is 17.7 Å². The molecule has 102 valence electrons. The van der Waals surface area contributed by atoms with Gasteiger partial charge in [0.25, 0.3) is 0 Å². The molecule has 0 aliphatic heterocycles. The van der Waals surface area contributed by atoms with Gasteiger partial charge in [0.2, 0.25) is 10.0 Å². The molecule has 0 heterocycles. The Morgan fingerprint density at radius 2 is 2.11 bits per heavy atom. The van der Waals surface area contributed by atoms with Crippen LogP contribution in [-0.2, 0) is 10.0 Å². The molecule has 0 aliphatic carbocycles. The van der Waals surface area contributed by atoms with Crippen molar-refractivity contribution < 1.29 is 17.5 Å². The summed E-state index contributed by atoms with van der Waals surface area (Å²) in [6.45, 7) is 0.825. The summed E-state index contributed by atoms with van der Waals surface area (Å²) < 4.78 is 44.0. The van der Waals surface area contributed by atoms with E-state index < -0.39 is 15.8 Å². The van der Waals surface area contributed by atoms with E-state index in [1.807, 2.05) is 0 Å². The molecule has 1 rings (SSSR count). The monoisotopic (exact) mass is 276 g/mol. The molecule has 0 unspecified atom stereocenters. The van der Waals surface area contributed by atoms with Gasteiger partial charge < -0.3 is 10.5 Å². The van der Waals surface area contributed by atoms with Crippen molar-refractivity contribution in [1.82, 2.24) is 4.72 Å². The number of ether oxygens (including phenoxy) is 1. The van der Waals surface area contributed by atoms with Crippen LogP contribution >= 0.6 is 0 Å². The highest BCUT2D eigenvalue weighted by Gasteiger charge is 2.15. The van der Waals surface area contributed by atoms with Crippen molar-refractivity contribution in [2.24, 2.45) is 5.73 Å². The SMILES string of the molecule is COc1cc(S(=O)(=O)NCCCCN)ccc1F. The molecule has 0 aliphatic rings. The van der Waals surface area contributed by atoms with Crippen LogP contribution < -0.4 is 15.2 Å². The average Bonchev–Trinajstić information content (AvgIpc) is 2.35. The summed E-state index contributed by atoms with van der Waals surface area (Å²) in [6.07, 6.45) is 1.41. The van der Waals surface area contributed by atoms with Gasteiger partial charge in [-0.2, -0.15) is 0 Å². The Hall–Kier alpha value is -1.18. The standard InChI is InChI=1S/C11H17FN2O3S/c1-17-11-8-9(4-5-10(11)12)18(15,16)14-7-3-2-6-13/h4-5,8,14H,2-3,6-7,13H2,1H3. The normalized spacial score (nSPS) is 11.5. The lowest BCUT2D eigenvalue weighted by Crippen LogP contribution is -2.25. The summed E-state index contributed by atoms with van der Waals surface area (Å²) >= 11 is 0. The number of benzene rings is 1. The van der Waals surface area contributed by atoms with Gasteiger partial charge in [-0.05, 0) is 31.5 Å². The van der Waals surface area contributed by atoms with Crippen molar-refractivity contribution in [1.29, 1.82) is 0 Å². The van der Waals surface area contributed by atoms with E-state index in [0.29, 0.717) is 19.5 Å². The van der Waals surface area contributed by atoms with Gasteiger partial charge in [0.1, 0.15) is 0 Å². The predicted octanol–water partition coefficient (Wildman–Crippen LogP) is 0.851. The maximum atomic E-state index is 13.2. The Labute approximate surface area is 106 Å². The first-order valence-corrected chi connectivity index (χ1v) is 7.03. The smallest absolute Gasteiger partial charge is 0.240 e. The molecular weight excluding hydrogens is 259 g/mol. The predicted molar refractivity (Wildman–Crippen MR) is 66.4 cm³/mol. The van der Waals surface area contributed by atoms with Crippen molar-refractivity contribution in [2.75, 3.05) is 20.2 Å². The number of unbranched alkanes of at least 4 members (excludes halogenated alkanes) is 1. The van der Waals surface area contributed by atoms with Crippen LogP contribution in [0.4, 0.5) is 4.39 Å². The maximum absolute atomic E-state index is 13.2. The summed E-state index contributed by atoms with van der Waals surface area (Å²) in [5.41, 5.74) is 5.31. The number of nitrogens with one attached hydrogen (secondary N) is 1. The van der Waals surface area contributed by atoms with Crippen molar-refractivity contribution in [3.05, 3.63) is 24.0 Å². The lowest BCUT2D eigenvalue weighted by atomic mass is 10.3. The quantitative estimate of drug-likeness (QED) is 0.723. The summed E-state index contributed by atoms with van der Waals surface area (Å²) in [4.78, 5) is -0.0199. The first-order valence-electron chi connectivity index (χ1n) is 5.54. The molecule has 1 aromatic rings. The minimum Gasteiger partial charge on any atom is -0.494 e. The fourth-order valence-corrected chi connectivity index (χ4v) is 2.46. The van der Waals surface area contributed by atoms with E-state index >= 15 is 0 Å². The van der Waals surface area contributed by atoms with E-state index in [2.05, 4.69) is 4.72 Å². The van der Waals surface area contributed by atoms with Gasteiger partial charge in [-0.25, -0.2) is 17.5 Å². The van der Waals surface area contributed by atoms with E-state index in [1.54, 1.807) is 0 Å². The lowest BCUT2D eigenvalue weighted by Gasteiger charge is -2.08. The van der Waals surface area contributed by atoms with Crippen LogP contribution in [0, 0.1) is 5.82 Å². The van der Waals surface area contributed by atoms with Gasteiger partial charge in [0, 0.05) is 12.6 Å². The third kappa shape index (κ3) is 3.94. The molecule has 0 saturated heterocycles. The van der Waals surface area contributed by atoms with Gasteiger partial charge in [-0.15, -0.1) is 0 Å². The van der Waals surface area contributed by atoms with Crippen LogP contribution in [0.15, 0.2) is 23.1 Å². The number of rotatable bonds is 7. The fraction of sp³-hybridized carbons (Fsp3) is 0.455. The van der Waals surface area contributed by atoms with E-state index in [9.17, 15) is 12.8 Å². The van der Waals surface area contributed by atoms with Crippen LogP contribution in [0.2, 0.25) is 0 Å². The molecule has 0 atom stereocenters. The van der Waals surface area contributed by atoms with E-state index in [4.69, 9.17) is 10.5 Å². The molecule has 0 aromatic heterocycles. The number of methoxy groups -OCH3 is 1. The molecular formula is C11H17FN2O3S.